The molecule has 0 aromatic heterocycles. The third-order valence-corrected chi connectivity index (χ3v) is 4.39. The van der Waals surface area contributed by atoms with E-state index in [4.69, 9.17) is 0 Å². The second-order valence-corrected chi connectivity index (χ2v) is 6.10. The average Bonchev–Trinajstić information content (AvgIpc) is 2.24. The lowest BCUT2D eigenvalue weighted by Crippen LogP contribution is -2.16. The Morgan fingerprint density at radius 2 is 1.44 bits per heavy atom. The molecule has 0 amide bonds. The summed E-state index contributed by atoms with van der Waals surface area (Å²) in [6.07, 6.45) is 8.46. The summed E-state index contributed by atoms with van der Waals surface area (Å²) in [6, 6.07) is 0. The lowest BCUT2D eigenvalue weighted by atomic mass is 9.79. The van der Waals surface area contributed by atoms with Crippen LogP contribution in [0.15, 0.2) is 0 Å². The Morgan fingerprint density at radius 1 is 0.812 bits per heavy atom. The molecule has 0 fully saturated rings. The first kappa shape index (κ1) is 16.0. The molecule has 0 heterocycles. The van der Waals surface area contributed by atoms with Crippen LogP contribution in [0.5, 0.6) is 0 Å². The topological polar surface area (TPSA) is 0 Å². The van der Waals surface area contributed by atoms with E-state index in [1.165, 1.54) is 38.5 Å². The van der Waals surface area contributed by atoms with Crippen molar-refractivity contribution in [1.82, 2.24) is 0 Å². The van der Waals surface area contributed by atoms with E-state index in [-0.39, 0.29) is 0 Å². The second-order valence-electron chi connectivity index (χ2n) is 6.10. The predicted molar refractivity (Wildman–Crippen MR) is 75.7 cm³/mol. The van der Waals surface area contributed by atoms with E-state index in [9.17, 15) is 0 Å². The number of unbranched alkanes of at least 4 members (excludes halogenated alkanes) is 2. The molecular formula is C16H34. The van der Waals surface area contributed by atoms with Crippen molar-refractivity contribution in [3.05, 3.63) is 0 Å². The zero-order valence-corrected chi connectivity index (χ0v) is 12.6. The Kier molecular flexibility index (Phi) is 9.07. The molecule has 0 rings (SSSR count). The highest BCUT2D eigenvalue weighted by Gasteiger charge is 2.19. The molecule has 16 heavy (non-hydrogen) atoms. The van der Waals surface area contributed by atoms with Crippen molar-refractivity contribution in [3.8, 4) is 0 Å². The lowest BCUT2D eigenvalue weighted by molar-refractivity contribution is 0.240. The molecule has 0 saturated carbocycles. The minimum atomic E-state index is 0.843. The molecule has 0 aliphatic rings. The lowest BCUT2D eigenvalue weighted by Gasteiger charge is -2.27. The highest BCUT2D eigenvalue weighted by Crippen LogP contribution is 2.29. The first-order chi connectivity index (χ1) is 7.52. The van der Waals surface area contributed by atoms with Gasteiger partial charge in [-0.15, -0.1) is 0 Å². The molecule has 0 spiro atoms. The quantitative estimate of drug-likeness (QED) is 0.429. The van der Waals surface area contributed by atoms with E-state index in [1.807, 2.05) is 0 Å². The molecule has 0 heteroatoms. The maximum absolute atomic E-state index is 2.47. The Labute approximate surface area is 104 Å². The maximum atomic E-state index is 2.47. The van der Waals surface area contributed by atoms with Gasteiger partial charge in [0.25, 0.3) is 0 Å². The van der Waals surface area contributed by atoms with Gasteiger partial charge in [-0.2, -0.15) is 0 Å². The fourth-order valence-corrected chi connectivity index (χ4v) is 2.60. The molecule has 0 aliphatic heterocycles. The number of hydrogen-bond donors (Lipinski definition) is 0. The maximum Gasteiger partial charge on any atom is -0.0391 e. The van der Waals surface area contributed by atoms with Crippen LogP contribution in [0.3, 0.4) is 0 Å². The Hall–Kier alpha value is 0. The zero-order chi connectivity index (χ0) is 12.6. The van der Waals surface area contributed by atoms with Crippen molar-refractivity contribution in [2.45, 2.75) is 80.1 Å². The van der Waals surface area contributed by atoms with Crippen molar-refractivity contribution in [3.63, 3.8) is 0 Å². The van der Waals surface area contributed by atoms with Crippen molar-refractivity contribution in [2.75, 3.05) is 0 Å². The van der Waals surface area contributed by atoms with E-state index in [0.29, 0.717) is 0 Å². The van der Waals surface area contributed by atoms with Crippen molar-refractivity contribution >= 4 is 0 Å². The van der Waals surface area contributed by atoms with Crippen molar-refractivity contribution < 1.29 is 0 Å². The summed E-state index contributed by atoms with van der Waals surface area (Å²) in [5.74, 6) is 3.61. The molecule has 0 bridgehead atoms. The van der Waals surface area contributed by atoms with Gasteiger partial charge < -0.3 is 0 Å². The van der Waals surface area contributed by atoms with Crippen molar-refractivity contribution in [1.29, 1.82) is 0 Å². The van der Waals surface area contributed by atoms with Gasteiger partial charge in [0, 0.05) is 0 Å². The summed E-state index contributed by atoms with van der Waals surface area (Å²) in [6.45, 7) is 14.3. The highest BCUT2D eigenvalue weighted by atomic mass is 14.2. The van der Waals surface area contributed by atoms with Gasteiger partial charge in [-0.3, -0.25) is 0 Å². The molecule has 0 aromatic carbocycles. The van der Waals surface area contributed by atoms with E-state index in [1.54, 1.807) is 0 Å². The standard InChI is InChI=1S/C16H34/c1-7-9-10-11-16(8-2)15(6)12-14(5)13(3)4/h13-16H,7-12H2,1-6H3. The summed E-state index contributed by atoms with van der Waals surface area (Å²) in [5, 5.41) is 0. The highest BCUT2D eigenvalue weighted by molar-refractivity contribution is 4.69. The van der Waals surface area contributed by atoms with Crippen LogP contribution in [0.2, 0.25) is 0 Å². The van der Waals surface area contributed by atoms with Crippen LogP contribution < -0.4 is 0 Å². The van der Waals surface area contributed by atoms with Crippen LogP contribution in [0.4, 0.5) is 0 Å². The van der Waals surface area contributed by atoms with Gasteiger partial charge in [-0.25, -0.2) is 0 Å². The van der Waals surface area contributed by atoms with Gasteiger partial charge in [0.1, 0.15) is 0 Å². The van der Waals surface area contributed by atoms with Crippen LogP contribution in [-0.4, -0.2) is 0 Å². The SMILES string of the molecule is CCCCCC(CC)C(C)CC(C)C(C)C. The Morgan fingerprint density at radius 3 is 1.88 bits per heavy atom. The van der Waals surface area contributed by atoms with Crippen LogP contribution in [0, 0.1) is 23.7 Å². The van der Waals surface area contributed by atoms with Crippen LogP contribution in [0.25, 0.3) is 0 Å². The van der Waals surface area contributed by atoms with Gasteiger partial charge >= 0.3 is 0 Å². The predicted octanol–water partition coefficient (Wildman–Crippen LogP) is 5.91. The third kappa shape index (κ3) is 6.55. The second kappa shape index (κ2) is 9.07. The van der Waals surface area contributed by atoms with Gasteiger partial charge in [-0.1, -0.05) is 73.6 Å². The van der Waals surface area contributed by atoms with Gasteiger partial charge in [0.2, 0.25) is 0 Å². The first-order valence-corrected chi connectivity index (χ1v) is 7.52. The average molecular weight is 226 g/mol. The smallest absolute Gasteiger partial charge is 0.0391 e. The monoisotopic (exact) mass is 226 g/mol. The van der Waals surface area contributed by atoms with Crippen LogP contribution in [-0.2, 0) is 0 Å². The summed E-state index contributed by atoms with van der Waals surface area (Å²) in [7, 11) is 0. The largest absolute Gasteiger partial charge is 0.0654 e. The van der Waals surface area contributed by atoms with Gasteiger partial charge in [0.15, 0.2) is 0 Å². The molecule has 0 aliphatic carbocycles. The molecule has 0 saturated heterocycles. The van der Waals surface area contributed by atoms with E-state index < -0.39 is 0 Å². The summed E-state index contributed by atoms with van der Waals surface area (Å²) in [4.78, 5) is 0. The van der Waals surface area contributed by atoms with E-state index >= 15 is 0 Å². The normalized spacial score (nSPS) is 17.4. The summed E-state index contributed by atoms with van der Waals surface area (Å²) in [5.41, 5.74) is 0. The minimum Gasteiger partial charge on any atom is -0.0654 e. The van der Waals surface area contributed by atoms with Crippen molar-refractivity contribution in [2.24, 2.45) is 23.7 Å². The fraction of sp³-hybridized carbons (Fsp3) is 1.00. The van der Waals surface area contributed by atoms with Crippen LogP contribution >= 0.6 is 0 Å². The van der Waals surface area contributed by atoms with E-state index in [0.717, 1.165) is 23.7 Å². The molecule has 0 radical (unpaired) electrons. The zero-order valence-electron chi connectivity index (χ0n) is 12.6. The number of hydrogen-bond acceptors (Lipinski definition) is 0. The van der Waals surface area contributed by atoms with E-state index in [2.05, 4.69) is 41.5 Å². The summed E-state index contributed by atoms with van der Waals surface area (Å²) >= 11 is 0. The number of rotatable bonds is 9. The third-order valence-electron chi connectivity index (χ3n) is 4.39. The fourth-order valence-electron chi connectivity index (χ4n) is 2.60. The van der Waals surface area contributed by atoms with Gasteiger partial charge in [0.05, 0.1) is 0 Å². The molecule has 0 nitrogen and oxygen atoms in total. The Balaban J connectivity index is 3.94. The molecule has 0 aromatic rings. The van der Waals surface area contributed by atoms with Crippen LogP contribution in [0.1, 0.15) is 80.1 Å². The molecule has 0 N–H and O–H groups in total. The molecule has 98 valence electrons. The first-order valence-electron chi connectivity index (χ1n) is 7.52. The molecule has 3 unspecified atom stereocenters. The molecular weight excluding hydrogens is 192 g/mol. The van der Waals surface area contributed by atoms with Gasteiger partial charge in [-0.05, 0) is 30.1 Å². The minimum absolute atomic E-state index is 0.843. The molecule has 3 atom stereocenters. The summed E-state index contributed by atoms with van der Waals surface area (Å²) < 4.78 is 0. The Bertz CT molecular complexity index is 148.